The molecule has 5 nitrogen and oxygen atoms in total. The molecule has 5 heteroatoms. The average molecular weight is 330 g/mol. The van der Waals surface area contributed by atoms with E-state index in [1.165, 1.54) is 17.5 Å². The minimum atomic E-state index is 0.221. The van der Waals surface area contributed by atoms with Gasteiger partial charge < -0.3 is 10.2 Å². The minimum absolute atomic E-state index is 0.221. The number of amides is 1. The Morgan fingerprint density at radius 3 is 2.75 bits per heavy atom. The van der Waals surface area contributed by atoms with E-state index in [4.69, 9.17) is 0 Å². The SMILES string of the molecule is Cc1ccccc1CN(C)C(=O)CN1CCC(N2CCNCC2)C1. The monoisotopic (exact) mass is 330 g/mol. The Bertz CT molecular complexity index is 556. The first-order valence-electron chi connectivity index (χ1n) is 9.09. The number of nitrogens with zero attached hydrogens (tertiary/aromatic N) is 3. The lowest BCUT2D eigenvalue weighted by atomic mass is 10.1. The number of piperazine rings is 1. The fourth-order valence-corrected chi connectivity index (χ4v) is 3.74. The van der Waals surface area contributed by atoms with Crippen LogP contribution in [0, 0.1) is 6.92 Å². The number of carbonyl (C=O) groups excluding carboxylic acids is 1. The number of carbonyl (C=O) groups is 1. The second-order valence-corrected chi connectivity index (χ2v) is 7.14. The molecule has 0 bridgehead atoms. The Morgan fingerprint density at radius 1 is 1.25 bits per heavy atom. The molecule has 2 heterocycles. The second kappa shape index (κ2) is 8.10. The van der Waals surface area contributed by atoms with Crippen LogP contribution in [0.15, 0.2) is 24.3 Å². The van der Waals surface area contributed by atoms with Crippen molar-refractivity contribution >= 4 is 5.91 Å². The first-order valence-corrected chi connectivity index (χ1v) is 9.09. The van der Waals surface area contributed by atoms with E-state index >= 15 is 0 Å². The second-order valence-electron chi connectivity index (χ2n) is 7.14. The molecule has 0 spiro atoms. The normalized spacial score (nSPS) is 22.7. The third-order valence-electron chi connectivity index (χ3n) is 5.37. The van der Waals surface area contributed by atoms with E-state index in [0.29, 0.717) is 19.1 Å². The van der Waals surface area contributed by atoms with Crippen molar-refractivity contribution in [3.05, 3.63) is 35.4 Å². The Hall–Kier alpha value is -1.43. The van der Waals surface area contributed by atoms with Crippen LogP contribution in [0.2, 0.25) is 0 Å². The molecule has 2 saturated heterocycles. The van der Waals surface area contributed by atoms with Gasteiger partial charge in [-0.15, -0.1) is 0 Å². The van der Waals surface area contributed by atoms with Gasteiger partial charge in [-0.05, 0) is 24.5 Å². The number of nitrogens with one attached hydrogen (secondary N) is 1. The molecule has 2 aliphatic heterocycles. The van der Waals surface area contributed by atoms with Gasteiger partial charge in [0, 0.05) is 58.9 Å². The molecule has 1 aromatic carbocycles. The summed E-state index contributed by atoms with van der Waals surface area (Å²) in [6, 6.07) is 8.92. The van der Waals surface area contributed by atoms with Crippen molar-refractivity contribution in [2.75, 3.05) is 52.9 Å². The van der Waals surface area contributed by atoms with Crippen LogP contribution in [0.3, 0.4) is 0 Å². The highest BCUT2D eigenvalue weighted by Gasteiger charge is 2.29. The summed E-state index contributed by atoms with van der Waals surface area (Å²) >= 11 is 0. The lowest BCUT2D eigenvalue weighted by Crippen LogP contribution is -2.49. The van der Waals surface area contributed by atoms with Crippen molar-refractivity contribution in [1.29, 1.82) is 0 Å². The van der Waals surface area contributed by atoms with Gasteiger partial charge >= 0.3 is 0 Å². The molecule has 1 unspecified atom stereocenters. The molecular weight excluding hydrogens is 300 g/mol. The minimum Gasteiger partial charge on any atom is -0.340 e. The number of likely N-dealkylation sites (tertiary alicyclic amines) is 1. The fraction of sp³-hybridized carbons (Fsp3) is 0.632. The molecule has 2 aliphatic rings. The average Bonchev–Trinajstić information content (AvgIpc) is 3.06. The topological polar surface area (TPSA) is 38.8 Å². The number of rotatable bonds is 5. The van der Waals surface area contributed by atoms with Gasteiger partial charge in [-0.3, -0.25) is 14.6 Å². The predicted molar refractivity (Wildman–Crippen MR) is 96.9 cm³/mol. The summed E-state index contributed by atoms with van der Waals surface area (Å²) in [6.45, 7) is 9.88. The number of hydrogen-bond acceptors (Lipinski definition) is 4. The number of aryl methyl sites for hydroxylation is 1. The highest BCUT2D eigenvalue weighted by molar-refractivity contribution is 5.78. The molecule has 0 radical (unpaired) electrons. The van der Waals surface area contributed by atoms with Gasteiger partial charge in [0.05, 0.1) is 6.54 Å². The maximum absolute atomic E-state index is 12.6. The standard InChI is InChI=1S/C19H30N4O/c1-16-5-3-4-6-17(16)13-21(2)19(24)15-22-10-7-18(14-22)23-11-8-20-9-12-23/h3-6,18,20H,7-15H2,1-2H3. The Labute approximate surface area is 145 Å². The van der Waals surface area contributed by atoms with Gasteiger partial charge in [0.25, 0.3) is 0 Å². The van der Waals surface area contributed by atoms with Crippen molar-refractivity contribution in [3.63, 3.8) is 0 Å². The summed E-state index contributed by atoms with van der Waals surface area (Å²) in [7, 11) is 1.92. The van der Waals surface area contributed by atoms with Crippen LogP contribution in [0.1, 0.15) is 17.5 Å². The lowest BCUT2D eigenvalue weighted by molar-refractivity contribution is -0.131. The van der Waals surface area contributed by atoms with E-state index in [1.807, 2.05) is 24.1 Å². The van der Waals surface area contributed by atoms with Crippen molar-refractivity contribution in [2.45, 2.75) is 25.9 Å². The molecule has 0 aliphatic carbocycles. The van der Waals surface area contributed by atoms with Crippen LogP contribution in [-0.2, 0) is 11.3 Å². The summed E-state index contributed by atoms with van der Waals surface area (Å²) in [5.74, 6) is 0.221. The molecule has 1 N–H and O–H groups in total. The van der Waals surface area contributed by atoms with E-state index < -0.39 is 0 Å². The van der Waals surface area contributed by atoms with E-state index in [9.17, 15) is 4.79 Å². The van der Waals surface area contributed by atoms with Gasteiger partial charge in [0.15, 0.2) is 0 Å². The zero-order valence-electron chi connectivity index (χ0n) is 15.0. The van der Waals surface area contributed by atoms with Crippen molar-refractivity contribution < 1.29 is 4.79 Å². The molecule has 2 fully saturated rings. The molecular formula is C19H30N4O. The van der Waals surface area contributed by atoms with E-state index in [1.54, 1.807) is 0 Å². The summed E-state index contributed by atoms with van der Waals surface area (Å²) in [5.41, 5.74) is 2.48. The van der Waals surface area contributed by atoms with Crippen LogP contribution in [-0.4, -0.2) is 79.5 Å². The Kier molecular flexibility index (Phi) is 5.87. The smallest absolute Gasteiger partial charge is 0.236 e. The third kappa shape index (κ3) is 4.35. The fourth-order valence-electron chi connectivity index (χ4n) is 3.74. The van der Waals surface area contributed by atoms with Crippen LogP contribution in [0.25, 0.3) is 0 Å². The Morgan fingerprint density at radius 2 is 2.00 bits per heavy atom. The van der Waals surface area contributed by atoms with Crippen molar-refractivity contribution in [2.24, 2.45) is 0 Å². The summed E-state index contributed by atoms with van der Waals surface area (Å²) < 4.78 is 0. The van der Waals surface area contributed by atoms with E-state index in [2.05, 4.69) is 34.2 Å². The van der Waals surface area contributed by atoms with Gasteiger partial charge in [0.2, 0.25) is 5.91 Å². The molecule has 3 rings (SSSR count). The van der Waals surface area contributed by atoms with E-state index in [0.717, 1.165) is 39.3 Å². The number of benzene rings is 1. The molecule has 132 valence electrons. The lowest BCUT2D eigenvalue weighted by Gasteiger charge is -2.32. The molecule has 0 aromatic heterocycles. The largest absolute Gasteiger partial charge is 0.340 e. The first kappa shape index (κ1) is 17.4. The van der Waals surface area contributed by atoms with Crippen LogP contribution < -0.4 is 5.32 Å². The highest BCUT2D eigenvalue weighted by atomic mass is 16.2. The molecule has 1 amide bonds. The molecule has 0 saturated carbocycles. The van der Waals surface area contributed by atoms with Crippen LogP contribution in [0.5, 0.6) is 0 Å². The first-order chi connectivity index (χ1) is 11.6. The maximum atomic E-state index is 12.6. The van der Waals surface area contributed by atoms with Gasteiger partial charge in [-0.1, -0.05) is 24.3 Å². The summed E-state index contributed by atoms with van der Waals surface area (Å²) in [4.78, 5) is 19.3. The third-order valence-corrected chi connectivity index (χ3v) is 5.37. The van der Waals surface area contributed by atoms with E-state index in [-0.39, 0.29) is 5.91 Å². The molecule has 24 heavy (non-hydrogen) atoms. The molecule has 1 aromatic rings. The maximum Gasteiger partial charge on any atom is 0.236 e. The zero-order valence-corrected chi connectivity index (χ0v) is 15.0. The van der Waals surface area contributed by atoms with Gasteiger partial charge in [-0.25, -0.2) is 0 Å². The van der Waals surface area contributed by atoms with Gasteiger partial charge in [-0.2, -0.15) is 0 Å². The van der Waals surface area contributed by atoms with Gasteiger partial charge in [0.1, 0.15) is 0 Å². The van der Waals surface area contributed by atoms with Crippen molar-refractivity contribution in [1.82, 2.24) is 20.0 Å². The number of hydrogen-bond donors (Lipinski definition) is 1. The predicted octanol–water partition coefficient (Wildman–Crippen LogP) is 0.933. The Balaban J connectivity index is 1.47. The zero-order chi connectivity index (χ0) is 16.9. The molecule has 1 atom stereocenters. The summed E-state index contributed by atoms with van der Waals surface area (Å²) in [6.07, 6.45) is 1.19. The van der Waals surface area contributed by atoms with Crippen molar-refractivity contribution in [3.8, 4) is 0 Å². The summed E-state index contributed by atoms with van der Waals surface area (Å²) in [5, 5.41) is 3.41. The van der Waals surface area contributed by atoms with Crippen LogP contribution >= 0.6 is 0 Å². The highest BCUT2D eigenvalue weighted by Crippen LogP contribution is 2.16. The van der Waals surface area contributed by atoms with Crippen LogP contribution in [0.4, 0.5) is 0 Å². The quantitative estimate of drug-likeness (QED) is 0.872. The number of likely N-dealkylation sites (N-methyl/N-ethyl adjacent to an activating group) is 1.